The van der Waals surface area contributed by atoms with Gasteiger partial charge < -0.3 is 10.4 Å². The molecule has 0 bridgehead atoms. The van der Waals surface area contributed by atoms with Crippen LogP contribution in [-0.4, -0.2) is 28.5 Å². The number of nitrogens with one attached hydrogen (secondary N) is 1. The highest BCUT2D eigenvalue weighted by Gasteiger charge is 2.26. The van der Waals surface area contributed by atoms with Gasteiger partial charge in [-0.1, -0.05) is 15.9 Å². The summed E-state index contributed by atoms with van der Waals surface area (Å²) in [7, 11) is 0. The first kappa shape index (κ1) is 17.4. The van der Waals surface area contributed by atoms with Crippen LogP contribution in [0.3, 0.4) is 0 Å². The Morgan fingerprint density at radius 1 is 1.60 bits per heavy atom. The second-order valence-corrected chi connectivity index (χ2v) is 6.40. The summed E-state index contributed by atoms with van der Waals surface area (Å²) in [4.78, 5) is 11.2. The lowest BCUT2D eigenvalue weighted by Crippen LogP contribution is -2.41. The molecular formula is C14H18BrClFNO2. The minimum absolute atomic E-state index is 0.118. The normalized spacial score (nSPS) is 15.5. The van der Waals surface area contributed by atoms with Gasteiger partial charge >= 0.3 is 0 Å². The molecule has 0 heterocycles. The van der Waals surface area contributed by atoms with Crippen molar-refractivity contribution in [1.29, 1.82) is 0 Å². The van der Waals surface area contributed by atoms with Crippen LogP contribution in [0.1, 0.15) is 25.8 Å². The number of aliphatic hydroxyl groups is 1. The molecule has 1 aromatic rings. The molecule has 1 rings (SSSR count). The van der Waals surface area contributed by atoms with Gasteiger partial charge in [-0.15, -0.1) is 11.6 Å². The minimum atomic E-state index is -1.12. The number of rotatable bonds is 6. The van der Waals surface area contributed by atoms with Gasteiger partial charge in [0.05, 0.1) is 5.60 Å². The average molecular weight is 367 g/mol. The van der Waals surface area contributed by atoms with E-state index in [4.69, 9.17) is 11.6 Å². The third-order valence-corrected chi connectivity index (χ3v) is 3.59. The summed E-state index contributed by atoms with van der Waals surface area (Å²) >= 11 is 8.68. The van der Waals surface area contributed by atoms with Gasteiger partial charge in [0.1, 0.15) is 11.7 Å². The number of hydrogen-bond acceptors (Lipinski definition) is 2. The Morgan fingerprint density at radius 2 is 2.25 bits per heavy atom. The number of amides is 1. The van der Waals surface area contributed by atoms with E-state index in [1.165, 1.54) is 6.07 Å². The maximum absolute atomic E-state index is 13.7. The highest BCUT2D eigenvalue weighted by molar-refractivity contribution is 9.10. The van der Waals surface area contributed by atoms with E-state index in [1.807, 2.05) is 0 Å². The molecule has 0 aliphatic rings. The van der Waals surface area contributed by atoms with Gasteiger partial charge in [-0.2, -0.15) is 0 Å². The SMILES string of the molecule is CC(CC(C)(O)Cc1cc(Br)ccc1F)NC(=O)CCl. The number of hydrogen-bond donors (Lipinski definition) is 2. The summed E-state index contributed by atoms with van der Waals surface area (Å²) in [6, 6.07) is 4.36. The Labute approximate surface area is 131 Å². The van der Waals surface area contributed by atoms with Gasteiger partial charge in [0.15, 0.2) is 0 Å². The summed E-state index contributed by atoms with van der Waals surface area (Å²) in [5, 5.41) is 13.0. The topological polar surface area (TPSA) is 49.3 Å². The van der Waals surface area contributed by atoms with E-state index < -0.39 is 5.60 Å². The lowest BCUT2D eigenvalue weighted by Gasteiger charge is -2.27. The molecular weight excluding hydrogens is 349 g/mol. The summed E-state index contributed by atoms with van der Waals surface area (Å²) in [5.74, 6) is -0.762. The molecule has 2 N–H and O–H groups in total. The van der Waals surface area contributed by atoms with Gasteiger partial charge in [-0.3, -0.25) is 4.79 Å². The monoisotopic (exact) mass is 365 g/mol. The van der Waals surface area contributed by atoms with Crippen molar-refractivity contribution in [3.8, 4) is 0 Å². The number of carbonyl (C=O) groups excluding carboxylic acids is 1. The van der Waals surface area contributed by atoms with Crippen LogP contribution in [0.4, 0.5) is 4.39 Å². The highest BCUT2D eigenvalue weighted by atomic mass is 79.9. The molecule has 0 saturated heterocycles. The van der Waals surface area contributed by atoms with E-state index in [0.717, 1.165) is 4.47 Å². The van der Waals surface area contributed by atoms with Crippen LogP contribution in [0.25, 0.3) is 0 Å². The second-order valence-electron chi connectivity index (χ2n) is 5.22. The van der Waals surface area contributed by atoms with Crippen LogP contribution in [0.15, 0.2) is 22.7 Å². The number of benzene rings is 1. The molecule has 20 heavy (non-hydrogen) atoms. The number of halogens is 3. The lowest BCUT2D eigenvalue weighted by molar-refractivity contribution is -0.119. The zero-order valence-electron chi connectivity index (χ0n) is 11.4. The Kier molecular flexibility index (Phi) is 6.43. The van der Waals surface area contributed by atoms with E-state index in [9.17, 15) is 14.3 Å². The predicted molar refractivity (Wildman–Crippen MR) is 81.4 cm³/mol. The van der Waals surface area contributed by atoms with Crippen molar-refractivity contribution < 1.29 is 14.3 Å². The molecule has 1 aromatic carbocycles. The molecule has 0 saturated carbocycles. The van der Waals surface area contributed by atoms with Crippen LogP contribution in [0.2, 0.25) is 0 Å². The van der Waals surface area contributed by atoms with Crippen molar-refractivity contribution in [3.63, 3.8) is 0 Å². The quantitative estimate of drug-likeness (QED) is 0.760. The summed E-state index contributed by atoms with van der Waals surface area (Å²) in [6.07, 6.45) is 0.473. The average Bonchev–Trinajstić information content (AvgIpc) is 2.32. The van der Waals surface area contributed by atoms with Crippen LogP contribution in [-0.2, 0) is 11.2 Å². The Morgan fingerprint density at radius 3 is 2.85 bits per heavy atom. The molecule has 3 nitrogen and oxygen atoms in total. The van der Waals surface area contributed by atoms with Crippen molar-refractivity contribution in [1.82, 2.24) is 5.32 Å². The van der Waals surface area contributed by atoms with E-state index in [1.54, 1.807) is 26.0 Å². The zero-order valence-corrected chi connectivity index (χ0v) is 13.8. The van der Waals surface area contributed by atoms with Gasteiger partial charge in [-0.25, -0.2) is 4.39 Å². The summed E-state index contributed by atoms with van der Waals surface area (Å²) < 4.78 is 14.4. The molecule has 0 aromatic heterocycles. The molecule has 0 aliphatic heterocycles. The second kappa shape index (κ2) is 7.38. The van der Waals surface area contributed by atoms with E-state index in [0.29, 0.717) is 12.0 Å². The molecule has 1 amide bonds. The van der Waals surface area contributed by atoms with Crippen LogP contribution in [0, 0.1) is 5.82 Å². The van der Waals surface area contributed by atoms with Crippen LogP contribution in [0.5, 0.6) is 0 Å². The summed E-state index contributed by atoms with van der Waals surface area (Å²) in [6.45, 7) is 3.40. The minimum Gasteiger partial charge on any atom is -0.390 e. The maximum atomic E-state index is 13.7. The Bertz CT molecular complexity index is 482. The van der Waals surface area contributed by atoms with Crippen molar-refractivity contribution in [2.45, 2.75) is 38.3 Å². The fourth-order valence-electron chi connectivity index (χ4n) is 2.19. The Balaban J connectivity index is 2.69. The van der Waals surface area contributed by atoms with Crippen molar-refractivity contribution in [2.75, 3.05) is 5.88 Å². The highest BCUT2D eigenvalue weighted by Crippen LogP contribution is 2.23. The molecule has 0 radical (unpaired) electrons. The molecule has 0 spiro atoms. The fraction of sp³-hybridized carbons (Fsp3) is 0.500. The third kappa shape index (κ3) is 5.77. The lowest BCUT2D eigenvalue weighted by atomic mass is 9.90. The van der Waals surface area contributed by atoms with E-state index in [-0.39, 0.29) is 30.1 Å². The Hall–Kier alpha value is -0.650. The number of alkyl halides is 1. The first-order chi connectivity index (χ1) is 9.23. The van der Waals surface area contributed by atoms with Crippen LogP contribution >= 0.6 is 27.5 Å². The molecule has 112 valence electrons. The van der Waals surface area contributed by atoms with E-state index in [2.05, 4.69) is 21.2 Å². The standard InChI is InChI=1S/C14H18BrClFNO2/c1-9(18-13(19)8-16)6-14(2,20)7-10-5-11(15)3-4-12(10)17/h3-5,9,20H,6-8H2,1-2H3,(H,18,19). The van der Waals surface area contributed by atoms with Crippen LogP contribution < -0.4 is 5.32 Å². The van der Waals surface area contributed by atoms with E-state index >= 15 is 0 Å². The smallest absolute Gasteiger partial charge is 0.235 e. The largest absolute Gasteiger partial charge is 0.390 e. The van der Waals surface area contributed by atoms with Crippen molar-refractivity contribution in [3.05, 3.63) is 34.1 Å². The molecule has 0 fully saturated rings. The predicted octanol–water partition coefficient (Wildman–Crippen LogP) is 3.02. The van der Waals surface area contributed by atoms with Gasteiger partial charge in [0.25, 0.3) is 0 Å². The first-order valence-electron chi connectivity index (χ1n) is 6.25. The van der Waals surface area contributed by atoms with Crippen molar-refractivity contribution >= 4 is 33.4 Å². The fourth-order valence-corrected chi connectivity index (χ4v) is 2.67. The summed E-state index contributed by atoms with van der Waals surface area (Å²) in [5.41, 5.74) is -0.694. The third-order valence-electron chi connectivity index (χ3n) is 2.85. The number of carbonyl (C=O) groups is 1. The molecule has 2 atom stereocenters. The first-order valence-corrected chi connectivity index (χ1v) is 7.58. The maximum Gasteiger partial charge on any atom is 0.235 e. The van der Waals surface area contributed by atoms with Crippen molar-refractivity contribution in [2.24, 2.45) is 0 Å². The molecule has 6 heteroatoms. The van der Waals surface area contributed by atoms with Gasteiger partial charge in [0, 0.05) is 16.9 Å². The zero-order chi connectivity index (χ0) is 15.3. The van der Waals surface area contributed by atoms with Gasteiger partial charge in [0.2, 0.25) is 5.91 Å². The van der Waals surface area contributed by atoms with Gasteiger partial charge in [-0.05, 0) is 44.0 Å². The molecule has 2 unspecified atom stereocenters. The molecule has 0 aliphatic carbocycles.